The molecule has 0 aromatic rings. The molecule has 1 aliphatic heterocycles. The van der Waals surface area contributed by atoms with E-state index >= 15 is 0 Å². The summed E-state index contributed by atoms with van der Waals surface area (Å²) in [6, 6.07) is 0. The highest BCUT2D eigenvalue weighted by Gasteiger charge is 2.61. The topological polar surface area (TPSA) is 21.6 Å². The van der Waals surface area contributed by atoms with Gasteiger partial charge in [0.2, 0.25) is 0 Å². The minimum Gasteiger partial charge on any atom is -0.392 e. The quantitative estimate of drug-likeness (QED) is 0.535. The predicted molar refractivity (Wildman–Crippen MR) is 53.8 cm³/mol. The second-order valence-electron chi connectivity index (χ2n) is 5.30. The summed E-state index contributed by atoms with van der Waals surface area (Å²) in [6.07, 6.45) is 7.94. The van der Waals surface area contributed by atoms with E-state index in [9.17, 15) is 0 Å². The summed E-state index contributed by atoms with van der Waals surface area (Å²) >= 11 is 0. The summed E-state index contributed by atoms with van der Waals surface area (Å²) in [7, 11) is 0. The molecular weight excluding hydrogens is 174 g/mol. The first kappa shape index (κ1) is 7.49. The van der Waals surface area contributed by atoms with Crippen molar-refractivity contribution in [3.05, 3.63) is 12.2 Å². The van der Waals surface area contributed by atoms with Gasteiger partial charge in [-0.15, -0.1) is 0 Å². The molecular formula is C12H15NO. The molecule has 4 aliphatic rings. The number of rotatable bonds is 0. The van der Waals surface area contributed by atoms with Crippen LogP contribution < -0.4 is 0 Å². The van der Waals surface area contributed by atoms with Crippen molar-refractivity contribution in [3.8, 4) is 0 Å². The van der Waals surface area contributed by atoms with Gasteiger partial charge in [0.25, 0.3) is 0 Å². The van der Waals surface area contributed by atoms with E-state index in [1.165, 1.54) is 18.6 Å². The summed E-state index contributed by atoms with van der Waals surface area (Å²) in [5.41, 5.74) is 1.26. The van der Waals surface area contributed by atoms with Crippen molar-refractivity contribution >= 4 is 5.71 Å². The molecule has 2 saturated carbocycles. The third-order valence-electron chi connectivity index (χ3n) is 4.89. The largest absolute Gasteiger partial charge is 0.392 e. The van der Waals surface area contributed by atoms with Crippen LogP contribution in [0.25, 0.3) is 0 Å². The van der Waals surface area contributed by atoms with Crippen molar-refractivity contribution < 1.29 is 4.84 Å². The Kier molecular flexibility index (Phi) is 1.20. The third-order valence-corrected chi connectivity index (χ3v) is 4.89. The summed E-state index contributed by atoms with van der Waals surface area (Å²) in [6.45, 7) is 2.14. The van der Waals surface area contributed by atoms with Gasteiger partial charge in [0.1, 0.15) is 6.10 Å². The zero-order valence-corrected chi connectivity index (χ0v) is 8.39. The van der Waals surface area contributed by atoms with Gasteiger partial charge in [-0.1, -0.05) is 17.3 Å². The lowest BCUT2D eigenvalue weighted by Crippen LogP contribution is -2.37. The van der Waals surface area contributed by atoms with Crippen LogP contribution in [0.15, 0.2) is 17.3 Å². The maximum atomic E-state index is 5.59. The maximum absolute atomic E-state index is 5.59. The number of fused-ring (bicyclic) bond motifs is 8. The fraction of sp³-hybridized carbons (Fsp3) is 0.750. The van der Waals surface area contributed by atoms with E-state index in [0.717, 1.165) is 23.7 Å². The fourth-order valence-corrected chi connectivity index (χ4v) is 4.43. The van der Waals surface area contributed by atoms with Gasteiger partial charge >= 0.3 is 0 Å². The summed E-state index contributed by atoms with van der Waals surface area (Å²) < 4.78 is 0. The van der Waals surface area contributed by atoms with Crippen molar-refractivity contribution in [2.45, 2.75) is 25.9 Å². The van der Waals surface area contributed by atoms with E-state index in [1.807, 2.05) is 0 Å². The van der Waals surface area contributed by atoms with Crippen molar-refractivity contribution in [3.63, 3.8) is 0 Å². The second-order valence-corrected chi connectivity index (χ2v) is 5.30. The molecule has 2 fully saturated rings. The number of allylic oxidation sites excluding steroid dienone is 2. The number of nitrogens with zero attached hydrogens (tertiary/aromatic N) is 1. The molecule has 4 rings (SSSR count). The van der Waals surface area contributed by atoms with Crippen molar-refractivity contribution in [1.29, 1.82) is 0 Å². The number of hydrogen-bond acceptors (Lipinski definition) is 2. The van der Waals surface area contributed by atoms with Gasteiger partial charge < -0.3 is 4.84 Å². The normalized spacial score (nSPS) is 57.1. The smallest absolute Gasteiger partial charge is 0.139 e. The molecule has 14 heavy (non-hydrogen) atoms. The van der Waals surface area contributed by atoms with Crippen molar-refractivity contribution in [2.24, 2.45) is 34.7 Å². The Bertz CT molecular complexity index is 346. The Morgan fingerprint density at radius 2 is 2.29 bits per heavy atom. The molecule has 0 saturated heterocycles. The molecule has 0 amide bonds. The lowest BCUT2D eigenvalue weighted by Gasteiger charge is -2.32. The summed E-state index contributed by atoms with van der Waals surface area (Å²) in [5, 5.41) is 4.18. The van der Waals surface area contributed by atoms with Gasteiger partial charge in [0, 0.05) is 11.8 Å². The van der Waals surface area contributed by atoms with E-state index in [0.29, 0.717) is 12.0 Å². The molecule has 2 nitrogen and oxygen atoms in total. The van der Waals surface area contributed by atoms with Gasteiger partial charge in [-0.05, 0) is 37.5 Å². The molecule has 1 heterocycles. The second kappa shape index (κ2) is 2.23. The van der Waals surface area contributed by atoms with Crippen LogP contribution in [-0.4, -0.2) is 11.8 Å². The van der Waals surface area contributed by atoms with Crippen LogP contribution in [0, 0.1) is 29.6 Å². The van der Waals surface area contributed by atoms with Crippen LogP contribution in [0.2, 0.25) is 0 Å². The summed E-state index contributed by atoms with van der Waals surface area (Å²) in [5.74, 6) is 4.06. The molecule has 3 aliphatic carbocycles. The van der Waals surface area contributed by atoms with Crippen LogP contribution in [0.1, 0.15) is 19.8 Å². The van der Waals surface area contributed by atoms with E-state index in [4.69, 9.17) is 4.84 Å². The third kappa shape index (κ3) is 0.656. The molecule has 0 N–H and O–H groups in total. The molecule has 0 spiro atoms. The molecule has 0 unspecified atom stereocenters. The summed E-state index contributed by atoms with van der Waals surface area (Å²) in [4.78, 5) is 5.59. The highest BCUT2D eigenvalue weighted by Crippen LogP contribution is 2.61. The Hall–Kier alpha value is -0.790. The minimum absolute atomic E-state index is 0.434. The monoisotopic (exact) mass is 189 g/mol. The van der Waals surface area contributed by atoms with Crippen molar-refractivity contribution in [2.75, 3.05) is 0 Å². The van der Waals surface area contributed by atoms with Gasteiger partial charge in [-0.2, -0.15) is 0 Å². The average Bonchev–Trinajstić information content (AvgIpc) is 2.82. The Balaban J connectivity index is 1.76. The Morgan fingerprint density at radius 1 is 1.36 bits per heavy atom. The van der Waals surface area contributed by atoms with E-state index < -0.39 is 0 Å². The number of oxime groups is 1. The van der Waals surface area contributed by atoms with E-state index in [1.54, 1.807) is 0 Å². The molecule has 0 aromatic carbocycles. The lowest BCUT2D eigenvalue weighted by atomic mass is 9.73. The molecule has 2 heteroatoms. The highest BCUT2D eigenvalue weighted by molar-refractivity contribution is 5.86. The highest BCUT2D eigenvalue weighted by atomic mass is 16.6. The zero-order valence-electron chi connectivity index (χ0n) is 8.39. The molecule has 2 bridgehead atoms. The van der Waals surface area contributed by atoms with Gasteiger partial charge in [0.05, 0.1) is 5.71 Å². The maximum Gasteiger partial charge on any atom is 0.139 e. The molecule has 0 aromatic heterocycles. The minimum atomic E-state index is 0.434. The van der Waals surface area contributed by atoms with Crippen LogP contribution in [-0.2, 0) is 4.84 Å². The molecule has 0 radical (unpaired) electrons. The first-order chi connectivity index (χ1) is 6.86. The Morgan fingerprint density at radius 3 is 3.21 bits per heavy atom. The van der Waals surface area contributed by atoms with Crippen LogP contribution in [0.5, 0.6) is 0 Å². The van der Waals surface area contributed by atoms with Gasteiger partial charge in [0.15, 0.2) is 0 Å². The fourth-order valence-electron chi connectivity index (χ4n) is 4.43. The standard InChI is InChI=1S/C12H15NO/c1-6-11-9-5-10(12(11)14-13-6)8-4-2-3-7(8)9/h2,4,7-12H,3,5H2,1H3/t7-,8+,9+,10-,11+,12-/m0/s1. The predicted octanol–water partition coefficient (Wildman–Crippen LogP) is 2.22. The van der Waals surface area contributed by atoms with Gasteiger partial charge in [-0.25, -0.2) is 0 Å². The van der Waals surface area contributed by atoms with Crippen LogP contribution >= 0.6 is 0 Å². The molecule has 74 valence electrons. The van der Waals surface area contributed by atoms with Crippen LogP contribution in [0.3, 0.4) is 0 Å². The molecule has 6 atom stereocenters. The number of hydrogen-bond donors (Lipinski definition) is 0. The average molecular weight is 189 g/mol. The SMILES string of the molecule is CC1=NO[C@H]2[C@H]3C[C@H]([C@H]4CC=C[C@H]43)[C@@H]12. The lowest BCUT2D eigenvalue weighted by molar-refractivity contribution is 0.00330. The zero-order chi connectivity index (χ0) is 9.28. The van der Waals surface area contributed by atoms with Crippen molar-refractivity contribution in [1.82, 2.24) is 0 Å². The van der Waals surface area contributed by atoms with Crippen LogP contribution in [0.4, 0.5) is 0 Å². The Labute approximate surface area is 84.0 Å². The first-order valence-corrected chi connectivity index (χ1v) is 5.73. The first-order valence-electron chi connectivity index (χ1n) is 5.73. The van der Waals surface area contributed by atoms with E-state index in [2.05, 4.69) is 24.2 Å². The van der Waals surface area contributed by atoms with E-state index in [-0.39, 0.29) is 0 Å². The van der Waals surface area contributed by atoms with Gasteiger partial charge in [-0.3, -0.25) is 0 Å².